The van der Waals surface area contributed by atoms with Crippen LogP contribution in [-0.4, -0.2) is 49.1 Å². The normalized spacial score (nSPS) is 21.2. The molecule has 1 rings (SSSR count). The minimum absolute atomic E-state index is 0.817. The van der Waals surface area contributed by atoms with Crippen LogP contribution in [-0.2, 0) is 0 Å². The average molecular weight is 184 g/mol. The first-order valence-electron chi connectivity index (χ1n) is 5.67. The van der Waals surface area contributed by atoms with E-state index >= 15 is 0 Å². The van der Waals surface area contributed by atoms with Gasteiger partial charge in [0.15, 0.2) is 0 Å². The summed E-state index contributed by atoms with van der Waals surface area (Å²) in [6.07, 6.45) is 1.30. The molecule has 0 aromatic heterocycles. The molecule has 78 valence electrons. The first-order valence-corrected chi connectivity index (χ1v) is 5.67. The van der Waals surface area contributed by atoms with Gasteiger partial charge in [-0.3, -0.25) is 0 Å². The highest BCUT2D eigenvalue weighted by Crippen LogP contribution is 2.05. The zero-order valence-corrected chi connectivity index (χ0v) is 9.42. The molecule has 2 nitrogen and oxygen atoms in total. The molecule has 1 saturated heterocycles. The lowest BCUT2D eigenvalue weighted by atomic mass is 10.2. The summed E-state index contributed by atoms with van der Waals surface area (Å²) in [6.45, 7) is 14.5. The summed E-state index contributed by atoms with van der Waals surface area (Å²) in [6, 6.07) is 0. The molecule has 1 heterocycles. The number of piperazine rings is 1. The van der Waals surface area contributed by atoms with Crippen LogP contribution in [0.5, 0.6) is 0 Å². The van der Waals surface area contributed by atoms with E-state index < -0.39 is 0 Å². The van der Waals surface area contributed by atoms with Crippen LogP contribution >= 0.6 is 0 Å². The molecule has 13 heavy (non-hydrogen) atoms. The smallest absolute Gasteiger partial charge is 0.0110 e. The summed E-state index contributed by atoms with van der Waals surface area (Å²) in [7, 11) is 0. The van der Waals surface area contributed by atoms with Crippen molar-refractivity contribution in [2.75, 3.05) is 39.3 Å². The fraction of sp³-hybridized carbons (Fsp3) is 1.00. The Hall–Kier alpha value is -0.0800. The molecule has 2 heteroatoms. The lowest BCUT2D eigenvalue weighted by molar-refractivity contribution is 0.122. The van der Waals surface area contributed by atoms with Crippen LogP contribution < -0.4 is 0 Å². The van der Waals surface area contributed by atoms with Crippen molar-refractivity contribution in [3.05, 3.63) is 0 Å². The van der Waals surface area contributed by atoms with Crippen LogP contribution in [0.1, 0.15) is 27.2 Å². The van der Waals surface area contributed by atoms with Gasteiger partial charge in [-0.15, -0.1) is 0 Å². The van der Waals surface area contributed by atoms with Gasteiger partial charge in [-0.1, -0.05) is 20.8 Å². The Labute approximate surface area is 82.9 Å². The van der Waals surface area contributed by atoms with E-state index in [2.05, 4.69) is 30.6 Å². The molecular weight excluding hydrogens is 160 g/mol. The number of hydrogen-bond donors (Lipinski definition) is 0. The molecule has 0 unspecified atom stereocenters. The van der Waals surface area contributed by atoms with Crippen molar-refractivity contribution in [2.24, 2.45) is 5.92 Å². The molecule has 1 aliphatic rings. The van der Waals surface area contributed by atoms with Crippen molar-refractivity contribution < 1.29 is 0 Å². The summed E-state index contributed by atoms with van der Waals surface area (Å²) < 4.78 is 0. The minimum Gasteiger partial charge on any atom is -0.301 e. The van der Waals surface area contributed by atoms with Crippen molar-refractivity contribution in [3.8, 4) is 0 Å². The molecule has 0 bridgehead atoms. The van der Waals surface area contributed by atoms with E-state index in [9.17, 15) is 0 Å². The van der Waals surface area contributed by atoms with E-state index in [4.69, 9.17) is 0 Å². The monoisotopic (exact) mass is 184 g/mol. The van der Waals surface area contributed by atoms with E-state index in [0.29, 0.717) is 0 Å². The van der Waals surface area contributed by atoms with Crippen molar-refractivity contribution >= 4 is 0 Å². The van der Waals surface area contributed by atoms with Gasteiger partial charge in [0.1, 0.15) is 0 Å². The van der Waals surface area contributed by atoms with E-state index in [-0.39, 0.29) is 0 Å². The Morgan fingerprint density at radius 2 is 1.54 bits per heavy atom. The van der Waals surface area contributed by atoms with Gasteiger partial charge in [-0.05, 0) is 18.9 Å². The maximum atomic E-state index is 2.59. The van der Waals surface area contributed by atoms with Gasteiger partial charge in [0, 0.05) is 32.7 Å². The lowest BCUT2D eigenvalue weighted by Gasteiger charge is -2.35. The molecule has 0 spiro atoms. The van der Waals surface area contributed by atoms with Gasteiger partial charge in [-0.25, -0.2) is 0 Å². The highest BCUT2D eigenvalue weighted by atomic mass is 15.3. The fourth-order valence-corrected chi connectivity index (χ4v) is 2.03. The highest BCUT2D eigenvalue weighted by Gasteiger charge is 2.15. The molecule has 0 amide bonds. The van der Waals surface area contributed by atoms with Crippen molar-refractivity contribution in [1.29, 1.82) is 0 Å². The molecule has 1 aliphatic heterocycles. The van der Waals surface area contributed by atoms with Crippen LogP contribution in [0.15, 0.2) is 0 Å². The Balaban J connectivity index is 2.15. The van der Waals surface area contributed by atoms with Crippen molar-refractivity contribution in [2.45, 2.75) is 27.2 Å². The average Bonchev–Trinajstić information content (AvgIpc) is 2.08. The van der Waals surface area contributed by atoms with E-state index in [1.54, 1.807) is 0 Å². The third-order valence-corrected chi connectivity index (χ3v) is 2.63. The van der Waals surface area contributed by atoms with Crippen LogP contribution in [0.4, 0.5) is 0 Å². The summed E-state index contributed by atoms with van der Waals surface area (Å²) in [4.78, 5) is 5.17. The first-order chi connectivity index (χ1) is 6.22. The second-order valence-electron chi connectivity index (χ2n) is 4.54. The van der Waals surface area contributed by atoms with Crippen LogP contribution in [0.3, 0.4) is 0 Å². The Morgan fingerprint density at radius 3 is 2.00 bits per heavy atom. The predicted octanol–water partition coefficient (Wildman–Crippen LogP) is 1.67. The van der Waals surface area contributed by atoms with Crippen LogP contribution in [0.25, 0.3) is 0 Å². The van der Waals surface area contributed by atoms with Crippen LogP contribution in [0, 0.1) is 5.92 Å². The van der Waals surface area contributed by atoms with Crippen LogP contribution in [0.2, 0.25) is 0 Å². The van der Waals surface area contributed by atoms with E-state index in [0.717, 1.165) is 5.92 Å². The lowest BCUT2D eigenvalue weighted by Crippen LogP contribution is -2.47. The predicted molar refractivity (Wildman–Crippen MR) is 58.0 cm³/mol. The maximum Gasteiger partial charge on any atom is 0.0110 e. The third-order valence-electron chi connectivity index (χ3n) is 2.63. The van der Waals surface area contributed by atoms with Gasteiger partial charge in [0.25, 0.3) is 0 Å². The summed E-state index contributed by atoms with van der Waals surface area (Å²) in [5, 5.41) is 0. The van der Waals surface area contributed by atoms with E-state index in [1.807, 2.05) is 0 Å². The van der Waals surface area contributed by atoms with E-state index in [1.165, 1.54) is 45.7 Å². The maximum absolute atomic E-state index is 2.59. The molecule has 0 aromatic carbocycles. The molecule has 0 aromatic rings. The zero-order valence-electron chi connectivity index (χ0n) is 9.42. The van der Waals surface area contributed by atoms with Gasteiger partial charge < -0.3 is 9.80 Å². The molecular formula is C11H24N2. The largest absolute Gasteiger partial charge is 0.301 e. The summed E-state index contributed by atoms with van der Waals surface area (Å²) in [5.41, 5.74) is 0. The Morgan fingerprint density at radius 1 is 1.00 bits per heavy atom. The molecule has 1 fully saturated rings. The molecule has 0 saturated carbocycles. The summed E-state index contributed by atoms with van der Waals surface area (Å²) >= 11 is 0. The Kier molecular flexibility index (Phi) is 4.74. The van der Waals surface area contributed by atoms with Crippen molar-refractivity contribution in [3.63, 3.8) is 0 Å². The molecule has 0 aliphatic carbocycles. The number of hydrogen-bond acceptors (Lipinski definition) is 2. The molecule has 0 N–H and O–H groups in total. The second kappa shape index (κ2) is 5.61. The molecule has 0 atom stereocenters. The fourth-order valence-electron chi connectivity index (χ4n) is 2.03. The Bertz CT molecular complexity index is 126. The first kappa shape index (κ1) is 11.0. The second-order valence-corrected chi connectivity index (χ2v) is 4.54. The quantitative estimate of drug-likeness (QED) is 0.656. The minimum atomic E-state index is 0.817. The summed E-state index contributed by atoms with van der Waals surface area (Å²) in [5.74, 6) is 0.817. The number of nitrogens with zero attached hydrogens (tertiary/aromatic N) is 2. The van der Waals surface area contributed by atoms with Gasteiger partial charge >= 0.3 is 0 Å². The highest BCUT2D eigenvalue weighted by molar-refractivity contribution is 4.71. The third kappa shape index (κ3) is 4.10. The molecule has 0 radical (unpaired) electrons. The SMILES string of the molecule is CCCN1CCN(CC(C)C)CC1. The topological polar surface area (TPSA) is 6.48 Å². The van der Waals surface area contributed by atoms with Crippen molar-refractivity contribution in [1.82, 2.24) is 9.80 Å². The zero-order chi connectivity index (χ0) is 9.68. The number of rotatable bonds is 4. The standard InChI is InChI=1S/C11H24N2/c1-4-5-12-6-8-13(9-7-12)10-11(2)3/h11H,4-10H2,1-3H3. The van der Waals surface area contributed by atoms with Gasteiger partial charge in [-0.2, -0.15) is 0 Å². The van der Waals surface area contributed by atoms with Gasteiger partial charge in [0.05, 0.1) is 0 Å². The van der Waals surface area contributed by atoms with Gasteiger partial charge in [0.2, 0.25) is 0 Å².